The van der Waals surface area contributed by atoms with Crippen molar-refractivity contribution in [1.82, 2.24) is 5.43 Å². The van der Waals surface area contributed by atoms with Gasteiger partial charge in [-0.1, -0.05) is 28.1 Å². The number of amides is 1. The Morgan fingerprint density at radius 1 is 1.23 bits per heavy atom. The highest BCUT2D eigenvalue weighted by molar-refractivity contribution is 9.10. The zero-order chi connectivity index (χ0) is 15.9. The number of nitrogens with zero attached hydrogens (tertiary/aromatic N) is 1. The Morgan fingerprint density at radius 2 is 1.95 bits per heavy atom. The number of carbonyl (C=O) groups excluding carboxylic acids is 1. The van der Waals surface area contributed by atoms with E-state index in [1.807, 2.05) is 42.5 Å². The number of hydrogen-bond donors (Lipinski definition) is 1. The summed E-state index contributed by atoms with van der Waals surface area (Å²) >= 11 is 6.76. The highest BCUT2D eigenvalue weighted by Crippen LogP contribution is 2.24. The summed E-state index contributed by atoms with van der Waals surface area (Å²) < 4.78 is 6.97. The molecule has 6 heteroatoms. The van der Waals surface area contributed by atoms with Crippen LogP contribution in [0.1, 0.15) is 11.1 Å². The molecule has 0 bridgehead atoms. The summed E-state index contributed by atoms with van der Waals surface area (Å²) in [6.07, 6.45) is 1.88. The molecule has 0 saturated carbocycles. The number of benzene rings is 2. The van der Waals surface area contributed by atoms with Gasteiger partial charge in [-0.3, -0.25) is 4.79 Å². The van der Waals surface area contributed by atoms with Crippen LogP contribution < -0.4 is 10.2 Å². The standard InChI is InChI=1S/C16H14Br2N2O2/c1-22-15-7-4-12(8-14(15)18)10-19-20-16(21)9-11-2-5-13(17)6-3-11/h2-8,10H,9H2,1H3,(H,20,21). The topological polar surface area (TPSA) is 50.7 Å². The van der Waals surface area contributed by atoms with Crippen LogP contribution in [-0.2, 0) is 11.2 Å². The molecule has 114 valence electrons. The third kappa shape index (κ3) is 4.96. The van der Waals surface area contributed by atoms with Gasteiger partial charge in [0.05, 0.1) is 24.2 Å². The zero-order valence-electron chi connectivity index (χ0n) is 11.8. The highest BCUT2D eigenvalue weighted by atomic mass is 79.9. The monoisotopic (exact) mass is 424 g/mol. The number of halogens is 2. The molecule has 2 rings (SSSR count). The largest absolute Gasteiger partial charge is 0.496 e. The second kappa shape index (κ2) is 8.10. The first-order chi connectivity index (χ1) is 10.6. The van der Waals surface area contributed by atoms with Crippen LogP contribution in [0.5, 0.6) is 5.75 Å². The Hall–Kier alpha value is -1.66. The van der Waals surface area contributed by atoms with E-state index in [0.717, 1.165) is 25.8 Å². The fraction of sp³-hybridized carbons (Fsp3) is 0.125. The number of rotatable bonds is 5. The molecule has 0 radical (unpaired) electrons. The van der Waals surface area contributed by atoms with Crippen molar-refractivity contribution in [3.05, 3.63) is 62.5 Å². The molecule has 0 heterocycles. The van der Waals surface area contributed by atoms with Crippen LogP contribution in [0.15, 0.2) is 56.5 Å². The Labute approximate surface area is 145 Å². The van der Waals surface area contributed by atoms with Gasteiger partial charge in [-0.25, -0.2) is 5.43 Å². The minimum absolute atomic E-state index is 0.161. The quantitative estimate of drug-likeness (QED) is 0.583. The number of hydrogen-bond acceptors (Lipinski definition) is 3. The summed E-state index contributed by atoms with van der Waals surface area (Å²) in [5, 5.41) is 3.96. The van der Waals surface area contributed by atoms with E-state index in [1.165, 1.54) is 0 Å². The van der Waals surface area contributed by atoms with E-state index in [0.29, 0.717) is 0 Å². The Bertz CT molecular complexity index is 685. The van der Waals surface area contributed by atoms with E-state index in [-0.39, 0.29) is 12.3 Å². The average molecular weight is 426 g/mol. The maximum absolute atomic E-state index is 11.8. The molecule has 0 spiro atoms. The van der Waals surface area contributed by atoms with Crippen molar-refractivity contribution in [2.24, 2.45) is 5.10 Å². The zero-order valence-corrected chi connectivity index (χ0v) is 15.0. The second-order valence-electron chi connectivity index (χ2n) is 4.49. The maximum atomic E-state index is 11.8. The van der Waals surface area contributed by atoms with E-state index >= 15 is 0 Å². The van der Waals surface area contributed by atoms with Crippen LogP contribution in [0.3, 0.4) is 0 Å². The van der Waals surface area contributed by atoms with Crippen LogP contribution in [0.2, 0.25) is 0 Å². The lowest BCUT2D eigenvalue weighted by molar-refractivity contribution is -0.120. The lowest BCUT2D eigenvalue weighted by atomic mass is 10.1. The summed E-state index contributed by atoms with van der Waals surface area (Å²) in [5.74, 6) is 0.586. The first-order valence-corrected chi connectivity index (χ1v) is 8.07. The molecule has 0 atom stereocenters. The molecule has 0 unspecified atom stereocenters. The van der Waals surface area contributed by atoms with Gasteiger partial charge >= 0.3 is 0 Å². The number of ether oxygens (including phenoxy) is 1. The lowest BCUT2D eigenvalue weighted by Gasteiger charge is -2.03. The van der Waals surface area contributed by atoms with E-state index in [2.05, 4.69) is 42.4 Å². The van der Waals surface area contributed by atoms with Crippen molar-refractivity contribution < 1.29 is 9.53 Å². The molecular weight excluding hydrogens is 412 g/mol. The number of hydrazone groups is 1. The molecule has 0 aliphatic rings. The summed E-state index contributed by atoms with van der Waals surface area (Å²) in [7, 11) is 1.61. The van der Waals surface area contributed by atoms with Crippen LogP contribution >= 0.6 is 31.9 Å². The fourth-order valence-electron chi connectivity index (χ4n) is 1.77. The number of methoxy groups -OCH3 is 1. The van der Waals surface area contributed by atoms with Crippen LogP contribution in [0.4, 0.5) is 0 Å². The molecule has 4 nitrogen and oxygen atoms in total. The molecule has 0 aliphatic heterocycles. The minimum atomic E-state index is -0.161. The van der Waals surface area contributed by atoms with Crippen molar-refractivity contribution >= 4 is 44.0 Å². The second-order valence-corrected chi connectivity index (χ2v) is 6.26. The van der Waals surface area contributed by atoms with Crippen LogP contribution in [0.25, 0.3) is 0 Å². The van der Waals surface area contributed by atoms with Crippen molar-refractivity contribution in [2.45, 2.75) is 6.42 Å². The van der Waals surface area contributed by atoms with Gasteiger partial charge in [0.1, 0.15) is 5.75 Å². The SMILES string of the molecule is COc1ccc(C=NNC(=O)Cc2ccc(Br)cc2)cc1Br. The Balaban J connectivity index is 1.90. The number of carbonyl (C=O) groups is 1. The van der Waals surface area contributed by atoms with Crippen molar-refractivity contribution in [2.75, 3.05) is 7.11 Å². The van der Waals surface area contributed by atoms with Gasteiger partial charge in [0.2, 0.25) is 5.91 Å². The van der Waals surface area contributed by atoms with E-state index in [9.17, 15) is 4.79 Å². The molecule has 0 aliphatic carbocycles. The van der Waals surface area contributed by atoms with Gasteiger partial charge in [0, 0.05) is 4.47 Å². The van der Waals surface area contributed by atoms with Crippen molar-refractivity contribution in [1.29, 1.82) is 0 Å². The van der Waals surface area contributed by atoms with E-state index in [4.69, 9.17) is 4.74 Å². The highest BCUT2D eigenvalue weighted by Gasteiger charge is 2.02. The first-order valence-electron chi connectivity index (χ1n) is 6.48. The van der Waals surface area contributed by atoms with Crippen LogP contribution in [0, 0.1) is 0 Å². The smallest absolute Gasteiger partial charge is 0.244 e. The van der Waals surface area contributed by atoms with Crippen molar-refractivity contribution in [3.63, 3.8) is 0 Å². The fourth-order valence-corrected chi connectivity index (χ4v) is 2.59. The summed E-state index contributed by atoms with van der Waals surface area (Å²) in [4.78, 5) is 11.8. The van der Waals surface area contributed by atoms with Gasteiger partial charge in [-0.05, 0) is 57.4 Å². The molecule has 2 aromatic rings. The van der Waals surface area contributed by atoms with Gasteiger partial charge in [-0.15, -0.1) is 0 Å². The normalized spacial score (nSPS) is 10.7. The summed E-state index contributed by atoms with van der Waals surface area (Å²) in [6, 6.07) is 13.1. The lowest BCUT2D eigenvalue weighted by Crippen LogP contribution is -2.19. The van der Waals surface area contributed by atoms with E-state index in [1.54, 1.807) is 13.3 Å². The molecule has 0 saturated heterocycles. The van der Waals surface area contributed by atoms with Crippen molar-refractivity contribution in [3.8, 4) is 5.75 Å². The predicted molar refractivity (Wildman–Crippen MR) is 94.3 cm³/mol. The Morgan fingerprint density at radius 3 is 2.59 bits per heavy atom. The molecule has 0 fully saturated rings. The van der Waals surface area contributed by atoms with Gasteiger partial charge < -0.3 is 4.74 Å². The third-order valence-electron chi connectivity index (χ3n) is 2.86. The maximum Gasteiger partial charge on any atom is 0.244 e. The van der Waals surface area contributed by atoms with E-state index < -0.39 is 0 Å². The summed E-state index contributed by atoms with van der Waals surface area (Å²) in [5.41, 5.74) is 4.31. The first kappa shape index (κ1) is 16.7. The predicted octanol–water partition coefficient (Wildman–Crippen LogP) is 3.91. The number of nitrogens with one attached hydrogen (secondary N) is 1. The molecule has 1 amide bonds. The molecule has 2 aromatic carbocycles. The summed E-state index contributed by atoms with van der Waals surface area (Å²) in [6.45, 7) is 0. The minimum Gasteiger partial charge on any atom is -0.496 e. The molecular formula is C16H14Br2N2O2. The van der Waals surface area contributed by atoms with Gasteiger partial charge in [-0.2, -0.15) is 5.10 Å². The molecule has 0 aromatic heterocycles. The van der Waals surface area contributed by atoms with Gasteiger partial charge in [0.15, 0.2) is 0 Å². The van der Waals surface area contributed by atoms with Crippen LogP contribution in [-0.4, -0.2) is 19.2 Å². The molecule has 1 N–H and O–H groups in total. The molecule has 22 heavy (non-hydrogen) atoms. The Kier molecular flexibility index (Phi) is 6.15. The van der Waals surface area contributed by atoms with Gasteiger partial charge in [0.25, 0.3) is 0 Å². The average Bonchev–Trinajstić information content (AvgIpc) is 2.50. The third-order valence-corrected chi connectivity index (χ3v) is 4.01.